The molecule has 2 aromatic rings. The van der Waals surface area contributed by atoms with Gasteiger partial charge in [0.05, 0.1) is 18.4 Å². The number of nitrogens with zero attached hydrogens (tertiary/aromatic N) is 3. The number of amides is 2. The quantitative estimate of drug-likeness (QED) is 0.896. The molecule has 1 atom stereocenters. The highest BCUT2D eigenvalue weighted by Crippen LogP contribution is 2.13. The highest BCUT2D eigenvalue weighted by molar-refractivity contribution is 5.92. The summed E-state index contributed by atoms with van der Waals surface area (Å²) in [5.74, 6) is -0.720. The standard InChI is InChI=1S/C17H19FN4O3/c1-12(23)19-10-15-11-21(7-8-25-15)17(24)16-5-6-22(20-16)14-4-2-3-13(18)9-14/h2-6,9,15H,7-8,10-11H2,1H3,(H,19,23)/t15-/m0/s1. The summed E-state index contributed by atoms with van der Waals surface area (Å²) in [6.45, 7) is 3.04. The number of rotatable bonds is 4. The summed E-state index contributed by atoms with van der Waals surface area (Å²) in [5.41, 5.74) is 0.828. The van der Waals surface area contributed by atoms with E-state index in [1.807, 2.05) is 0 Å². The smallest absolute Gasteiger partial charge is 0.274 e. The van der Waals surface area contributed by atoms with E-state index < -0.39 is 0 Å². The van der Waals surface area contributed by atoms with Crippen molar-refractivity contribution >= 4 is 11.8 Å². The molecule has 0 aliphatic carbocycles. The van der Waals surface area contributed by atoms with Gasteiger partial charge in [0.15, 0.2) is 5.69 Å². The summed E-state index contributed by atoms with van der Waals surface area (Å²) < 4.78 is 20.3. The van der Waals surface area contributed by atoms with Gasteiger partial charge in [0.25, 0.3) is 5.91 Å². The van der Waals surface area contributed by atoms with Crippen molar-refractivity contribution in [2.24, 2.45) is 0 Å². The van der Waals surface area contributed by atoms with E-state index in [0.29, 0.717) is 31.9 Å². The van der Waals surface area contributed by atoms with Gasteiger partial charge in [-0.2, -0.15) is 5.10 Å². The Labute approximate surface area is 144 Å². The van der Waals surface area contributed by atoms with E-state index >= 15 is 0 Å². The fourth-order valence-electron chi connectivity index (χ4n) is 2.65. The third-order valence-electron chi connectivity index (χ3n) is 3.89. The molecule has 0 saturated carbocycles. The Bertz CT molecular complexity index is 777. The first-order valence-corrected chi connectivity index (χ1v) is 8.00. The van der Waals surface area contributed by atoms with Crippen molar-refractivity contribution in [2.75, 3.05) is 26.2 Å². The molecule has 1 N–H and O–H groups in total. The molecule has 25 heavy (non-hydrogen) atoms. The van der Waals surface area contributed by atoms with Crippen LogP contribution < -0.4 is 5.32 Å². The fraction of sp³-hybridized carbons (Fsp3) is 0.353. The number of carbonyl (C=O) groups is 2. The molecule has 2 heterocycles. The van der Waals surface area contributed by atoms with E-state index in [1.54, 1.807) is 29.3 Å². The SMILES string of the molecule is CC(=O)NC[C@H]1CN(C(=O)c2ccn(-c3cccc(F)c3)n2)CCO1. The normalized spacial score (nSPS) is 17.4. The molecule has 2 amide bonds. The molecule has 0 bridgehead atoms. The second kappa shape index (κ2) is 7.43. The van der Waals surface area contributed by atoms with Crippen molar-refractivity contribution in [3.63, 3.8) is 0 Å². The highest BCUT2D eigenvalue weighted by Gasteiger charge is 2.26. The molecule has 1 aromatic heterocycles. The zero-order valence-electron chi connectivity index (χ0n) is 13.8. The summed E-state index contributed by atoms with van der Waals surface area (Å²) in [6, 6.07) is 7.60. The molecule has 1 saturated heterocycles. The van der Waals surface area contributed by atoms with Crippen molar-refractivity contribution in [3.8, 4) is 5.69 Å². The molecule has 1 aliphatic heterocycles. The molecule has 1 aliphatic rings. The number of ether oxygens (including phenoxy) is 1. The number of aromatic nitrogens is 2. The largest absolute Gasteiger partial charge is 0.373 e. The number of halogens is 1. The van der Waals surface area contributed by atoms with Gasteiger partial charge < -0.3 is 15.0 Å². The van der Waals surface area contributed by atoms with Gasteiger partial charge in [-0.25, -0.2) is 9.07 Å². The highest BCUT2D eigenvalue weighted by atomic mass is 19.1. The van der Waals surface area contributed by atoms with Crippen LogP contribution in [-0.2, 0) is 9.53 Å². The molecule has 7 nitrogen and oxygen atoms in total. The van der Waals surface area contributed by atoms with Crippen molar-refractivity contribution in [1.82, 2.24) is 20.0 Å². The molecular weight excluding hydrogens is 327 g/mol. The minimum atomic E-state index is -0.366. The van der Waals surface area contributed by atoms with Crippen LogP contribution in [0.4, 0.5) is 4.39 Å². The zero-order chi connectivity index (χ0) is 17.8. The first-order valence-electron chi connectivity index (χ1n) is 8.00. The van der Waals surface area contributed by atoms with Crippen LogP contribution >= 0.6 is 0 Å². The Morgan fingerprint density at radius 1 is 1.40 bits per heavy atom. The molecule has 0 spiro atoms. The van der Waals surface area contributed by atoms with Gasteiger partial charge in [-0.15, -0.1) is 0 Å². The summed E-state index contributed by atoms with van der Waals surface area (Å²) >= 11 is 0. The number of benzene rings is 1. The third-order valence-corrected chi connectivity index (χ3v) is 3.89. The summed E-state index contributed by atoms with van der Waals surface area (Å²) in [4.78, 5) is 25.3. The Hall–Kier alpha value is -2.74. The van der Waals surface area contributed by atoms with E-state index in [4.69, 9.17) is 4.74 Å². The lowest BCUT2D eigenvalue weighted by Crippen LogP contribution is -2.49. The predicted octanol–water partition coefficient (Wildman–Crippen LogP) is 0.988. The predicted molar refractivity (Wildman–Crippen MR) is 87.8 cm³/mol. The minimum absolute atomic E-state index is 0.138. The zero-order valence-corrected chi connectivity index (χ0v) is 13.8. The Morgan fingerprint density at radius 3 is 3.00 bits per heavy atom. The van der Waals surface area contributed by atoms with E-state index in [9.17, 15) is 14.0 Å². The van der Waals surface area contributed by atoms with Crippen molar-refractivity contribution in [2.45, 2.75) is 13.0 Å². The Kier molecular flexibility index (Phi) is 5.08. The average molecular weight is 346 g/mol. The lowest BCUT2D eigenvalue weighted by atomic mass is 10.2. The number of hydrogen-bond donors (Lipinski definition) is 1. The van der Waals surface area contributed by atoms with Gasteiger partial charge in [-0.05, 0) is 24.3 Å². The molecule has 132 valence electrons. The van der Waals surface area contributed by atoms with Crippen LogP contribution in [0.5, 0.6) is 0 Å². The van der Waals surface area contributed by atoms with Gasteiger partial charge in [0.1, 0.15) is 5.82 Å². The first kappa shape index (κ1) is 17.1. The first-order chi connectivity index (χ1) is 12.0. The minimum Gasteiger partial charge on any atom is -0.373 e. The Morgan fingerprint density at radius 2 is 2.24 bits per heavy atom. The maximum Gasteiger partial charge on any atom is 0.274 e. The van der Waals surface area contributed by atoms with E-state index in [-0.39, 0.29) is 29.4 Å². The third kappa shape index (κ3) is 4.21. The second-order valence-corrected chi connectivity index (χ2v) is 5.81. The summed E-state index contributed by atoms with van der Waals surface area (Å²) in [5, 5.41) is 6.93. The number of morpholine rings is 1. The van der Waals surface area contributed by atoms with Crippen LogP contribution in [-0.4, -0.2) is 58.8 Å². The topological polar surface area (TPSA) is 76.5 Å². The summed E-state index contributed by atoms with van der Waals surface area (Å²) in [6.07, 6.45) is 1.38. The van der Waals surface area contributed by atoms with E-state index in [2.05, 4.69) is 10.4 Å². The van der Waals surface area contributed by atoms with Gasteiger partial charge in [0.2, 0.25) is 5.91 Å². The molecule has 8 heteroatoms. The molecule has 0 radical (unpaired) electrons. The molecule has 0 unspecified atom stereocenters. The number of hydrogen-bond acceptors (Lipinski definition) is 4. The van der Waals surface area contributed by atoms with Crippen molar-refractivity contribution in [3.05, 3.63) is 48.0 Å². The van der Waals surface area contributed by atoms with Gasteiger partial charge in [-0.1, -0.05) is 6.07 Å². The van der Waals surface area contributed by atoms with Gasteiger partial charge in [0, 0.05) is 32.8 Å². The molecule has 1 fully saturated rings. The lowest BCUT2D eigenvalue weighted by molar-refractivity contribution is -0.120. The molecule has 1 aromatic carbocycles. The van der Waals surface area contributed by atoms with Crippen LogP contribution in [0.25, 0.3) is 5.69 Å². The van der Waals surface area contributed by atoms with Crippen LogP contribution in [0.3, 0.4) is 0 Å². The average Bonchev–Trinajstić information content (AvgIpc) is 3.10. The maximum atomic E-state index is 13.3. The molecule has 3 rings (SSSR count). The maximum absolute atomic E-state index is 13.3. The number of carbonyl (C=O) groups excluding carboxylic acids is 2. The second-order valence-electron chi connectivity index (χ2n) is 5.81. The van der Waals surface area contributed by atoms with Crippen LogP contribution in [0.2, 0.25) is 0 Å². The fourth-order valence-corrected chi connectivity index (χ4v) is 2.65. The van der Waals surface area contributed by atoms with Crippen LogP contribution in [0, 0.1) is 5.82 Å². The number of nitrogens with one attached hydrogen (secondary N) is 1. The monoisotopic (exact) mass is 346 g/mol. The van der Waals surface area contributed by atoms with Gasteiger partial charge in [-0.3, -0.25) is 9.59 Å². The van der Waals surface area contributed by atoms with Gasteiger partial charge >= 0.3 is 0 Å². The summed E-state index contributed by atoms with van der Waals surface area (Å²) in [7, 11) is 0. The molecular formula is C17H19FN4O3. The van der Waals surface area contributed by atoms with Crippen molar-refractivity contribution < 1.29 is 18.7 Å². The van der Waals surface area contributed by atoms with E-state index in [0.717, 1.165) is 0 Å². The van der Waals surface area contributed by atoms with Crippen LogP contribution in [0.15, 0.2) is 36.5 Å². The van der Waals surface area contributed by atoms with E-state index in [1.165, 1.54) is 23.7 Å². The van der Waals surface area contributed by atoms with Crippen molar-refractivity contribution in [1.29, 1.82) is 0 Å². The van der Waals surface area contributed by atoms with Crippen LogP contribution in [0.1, 0.15) is 17.4 Å². The lowest BCUT2D eigenvalue weighted by Gasteiger charge is -2.32. The Balaban J connectivity index is 1.67.